The Labute approximate surface area is 205 Å². The van der Waals surface area contributed by atoms with Crippen LogP contribution in [0.25, 0.3) is 0 Å². The van der Waals surface area contributed by atoms with Crippen molar-refractivity contribution in [3.63, 3.8) is 0 Å². The Morgan fingerprint density at radius 2 is 0.759 bits per heavy atom. The van der Waals surface area contributed by atoms with Crippen LogP contribution in [0, 0.1) is 0 Å². The summed E-state index contributed by atoms with van der Waals surface area (Å²) in [6, 6.07) is 0. The quantitative estimate of drug-likeness (QED) is 0.374. The first-order valence-corrected chi connectivity index (χ1v) is 14.7. The fraction of sp³-hybridized carbons (Fsp3) is 0.692. The Bertz CT molecular complexity index is 624. The fourth-order valence-corrected chi connectivity index (χ4v) is 15.6. The van der Waals surface area contributed by atoms with Crippen molar-refractivity contribution in [3.05, 3.63) is 44.6 Å². The molecule has 0 aromatic carbocycles. The summed E-state index contributed by atoms with van der Waals surface area (Å²) in [6.45, 7) is 24.2. The summed E-state index contributed by atoms with van der Waals surface area (Å²) in [4.78, 5) is 0. The van der Waals surface area contributed by atoms with Gasteiger partial charge in [-0.3, -0.25) is 0 Å². The van der Waals surface area contributed by atoms with Crippen LogP contribution in [0.4, 0.5) is 0 Å². The van der Waals surface area contributed by atoms with Gasteiger partial charge in [-0.1, -0.05) is 0 Å². The van der Waals surface area contributed by atoms with Crippen molar-refractivity contribution in [1.82, 2.24) is 0 Å². The minimum atomic E-state index is -1.12. The molecule has 0 N–H and O–H groups in total. The number of rotatable bonds is 8. The zero-order chi connectivity index (χ0) is 20.6. The zero-order valence-electron chi connectivity index (χ0n) is 20.5. The first kappa shape index (κ1) is 29.4. The van der Waals surface area contributed by atoms with Gasteiger partial charge >= 0.3 is 182 Å². The maximum atomic E-state index is 2.48. The average molecular weight is 604 g/mol. The summed E-state index contributed by atoms with van der Waals surface area (Å²) in [5.41, 5.74) is 13.4. The van der Waals surface area contributed by atoms with Crippen molar-refractivity contribution >= 4 is 0 Å². The van der Waals surface area contributed by atoms with Crippen LogP contribution < -0.4 is 24.8 Å². The van der Waals surface area contributed by atoms with Crippen molar-refractivity contribution in [3.8, 4) is 0 Å². The average Bonchev–Trinajstić information content (AvgIpc) is 2.92. The van der Waals surface area contributed by atoms with E-state index in [4.69, 9.17) is 0 Å². The molecule has 0 amide bonds. The van der Waals surface area contributed by atoms with Crippen molar-refractivity contribution in [1.29, 1.82) is 0 Å². The van der Waals surface area contributed by atoms with E-state index in [9.17, 15) is 0 Å². The Hall–Kier alpha value is 0.410. The molecule has 0 spiro atoms. The maximum absolute atomic E-state index is 2.48. The third kappa shape index (κ3) is 4.78. The van der Waals surface area contributed by atoms with Gasteiger partial charge in [0.15, 0.2) is 0 Å². The van der Waals surface area contributed by atoms with Gasteiger partial charge in [0.25, 0.3) is 0 Å². The van der Waals surface area contributed by atoms with Gasteiger partial charge in [-0.15, -0.1) is 0 Å². The number of halogens is 2. The molecule has 0 bridgehead atoms. The van der Waals surface area contributed by atoms with Crippen LogP contribution >= 0.6 is 0 Å². The molecule has 164 valence electrons. The fourth-order valence-electron chi connectivity index (χ4n) is 5.47. The molecule has 2 aliphatic rings. The first-order valence-electron chi connectivity index (χ1n) is 11.1. The van der Waals surface area contributed by atoms with E-state index in [1.807, 2.05) is 0 Å². The molecule has 0 unspecified atom stereocenters. The third-order valence-electron chi connectivity index (χ3n) is 8.17. The van der Waals surface area contributed by atoms with Crippen LogP contribution in [0.3, 0.4) is 0 Å². The monoisotopic (exact) mass is 604 g/mol. The van der Waals surface area contributed by atoms with E-state index in [0.29, 0.717) is 6.34 Å². The molecule has 0 heterocycles. The van der Waals surface area contributed by atoms with Crippen LogP contribution in [0.5, 0.6) is 0 Å². The standard InChI is InChI=1S/2C13H21.2ClH.Hf/c2*1-6-7-8-13-11(4)9(2)10(3)12(13)5;;;/h2*6-8H2,1-5H3;2*1H;/q;;;;+2/p-2. The van der Waals surface area contributed by atoms with Gasteiger partial charge in [0.2, 0.25) is 0 Å². The molecule has 0 atom stereocenters. The molecule has 2 aliphatic carbocycles. The van der Waals surface area contributed by atoms with Crippen molar-refractivity contribution in [2.24, 2.45) is 0 Å². The normalized spacial score (nSPS) is 20.2. The van der Waals surface area contributed by atoms with Crippen molar-refractivity contribution in [2.45, 2.75) is 114 Å². The first-order chi connectivity index (χ1) is 12.6. The summed E-state index contributed by atoms with van der Waals surface area (Å²) in [6.07, 6.45) is 8.16. The molecule has 3 heteroatoms. The molecule has 29 heavy (non-hydrogen) atoms. The third-order valence-corrected chi connectivity index (χ3v) is 18.4. The van der Waals surface area contributed by atoms with E-state index in [1.165, 1.54) is 38.5 Å². The van der Waals surface area contributed by atoms with E-state index in [1.54, 1.807) is 44.6 Å². The topological polar surface area (TPSA) is 0 Å². The predicted octanol–water partition coefficient (Wildman–Crippen LogP) is 3.15. The Kier molecular flexibility index (Phi) is 11.5. The molecule has 0 aromatic rings. The van der Waals surface area contributed by atoms with Gasteiger partial charge in [-0.2, -0.15) is 0 Å². The number of hydrogen-bond acceptors (Lipinski definition) is 0. The molecular formula is C26H42Cl2Hf. The second-order valence-corrected chi connectivity index (χ2v) is 16.2. The molecule has 0 aromatic heterocycles. The molecule has 0 fully saturated rings. The Morgan fingerprint density at radius 1 is 0.517 bits per heavy atom. The van der Waals surface area contributed by atoms with E-state index in [2.05, 4.69) is 69.2 Å². The van der Waals surface area contributed by atoms with E-state index < -0.39 is 22.9 Å². The SMILES string of the molecule is CCCC[C]1([Hf+2][C]2(CCCC)C(C)=C(C)C(C)=C2C)C(C)=C(C)C(C)=C1C.[Cl-].[Cl-]. The molecule has 2 rings (SSSR count). The Balaban J connectivity index is 0.00000392. The summed E-state index contributed by atoms with van der Waals surface area (Å²) >= 11 is -1.12. The number of allylic oxidation sites excluding steroid dienone is 8. The summed E-state index contributed by atoms with van der Waals surface area (Å²) in [5.74, 6) is 0. The second-order valence-electron chi connectivity index (χ2n) is 9.14. The number of unbranched alkanes of at least 4 members (excludes halogenated alkanes) is 2. The van der Waals surface area contributed by atoms with Crippen LogP contribution in [-0.2, 0) is 22.9 Å². The van der Waals surface area contributed by atoms with Crippen molar-refractivity contribution in [2.75, 3.05) is 0 Å². The maximum Gasteiger partial charge on any atom is -1.00 e. The zero-order valence-corrected chi connectivity index (χ0v) is 25.6. The van der Waals surface area contributed by atoms with E-state index >= 15 is 0 Å². The molecule has 0 aliphatic heterocycles. The van der Waals surface area contributed by atoms with Gasteiger partial charge in [-0.05, 0) is 0 Å². The largest absolute Gasteiger partial charge is 1.00 e. The van der Waals surface area contributed by atoms with Gasteiger partial charge in [0, 0.05) is 0 Å². The molecule has 0 nitrogen and oxygen atoms in total. The van der Waals surface area contributed by atoms with Crippen LogP contribution in [-0.4, -0.2) is 0 Å². The summed E-state index contributed by atoms with van der Waals surface area (Å²) < 4.78 is 0.899. The minimum absolute atomic E-state index is 0. The van der Waals surface area contributed by atoms with Crippen LogP contribution in [0.2, 0.25) is 6.34 Å². The van der Waals surface area contributed by atoms with Crippen LogP contribution in [0.15, 0.2) is 44.6 Å². The van der Waals surface area contributed by atoms with Crippen LogP contribution in [0.1, 0.15) is 108 Å². The van der Waals surface area contributed by atoms with E-state index in [-0.39, 0.29) is 24.8 Å². The van der Waals surface area contributed by atoms with Gasteiger partial charge in [0.1, 0.15) is 0 Å². The van der Waals surface area contributed by atoms with Gasteiger partial charge in [-0.25, -0.2) is 0 Å². The summed E-state index contributed by atoms with van der Waals surface area (Å²) in [7, 11) is 0. The van der Waals surface area contributed by atoms with Crippen molar-refractivity contribution < 1.29 is 47.7 Å². The second kappa shape index (κ2) is 11.3. The molecular weight excluding hydrogens is 562 g/mol. The van der Waals surface area contributed by atoms with Gasteiger partial charge in [0.05, 0.1) is 0 Å². The van der Waals surface area contributed by atoms with E-state index in [0.717, 1.165) is 0 Å². The Morgan fingerprint density at radius 3 is 0.966 bits per heavy atom. The minimum Gasteiger partial charge on any atom is -1.00 e. The summed E-state index contributed by atoms with van der Waals surface area (Å²) in [5, 5.41) is 0. The molecule has 0 saturated heterocycles. The smallest absolute Gasteiger partial charge is 1.00 e. The predicted molar refractivity (Wildman–Crippen MR) is 118 cm³/mol. The number of hydrogen-bond donors (Lipinski definition) is 0. The molecule has 0 saturated carbocycles. The molecule has 0 radical (unpaired) electrons. The van der Waals surface area contributed by atoms with Gasteiger partial charge < -0.3 is 24.8 Å².